The lowest BCUT2D eigenvalue weighted by Crippen LogP contribution is -2.39. The number of methoxy groups -OCH3 is 1. The van der Waals surface area contributed by atoms with Gasteiger partial charge in [-0.2, -0.15) is 0 Å². The van der Waals surface area contributed by atoms with E-state index in [1.807, 2.05) is 13.8 Å². The lowest BCUT2D eigenvalue weighted by atomic mass is 10.2. The summed E-state index contributed by atoms with van der Waals surface area (Å²) in [4.78, 5) is 23.1. The second kappa shape index (κ2) is 6.64. The molecule has 0 heterocycles. The Morgan fingerprint density at radius 3 is 2.67 bits per heavy atom. The Labute approximate surface area is 107 Å². The maximum Gasteiger partial charge on any atom is 0.251 e. The van der Waals surface area contributed by atoms with Crippen LogP contribution in [-0.4, -0.2) is 31.5 Å². The van der Waals surface area contributed by atoms with E-state index in [-0.39, 0.29) is 24.4 Å². The van der Waals surface area contributed by atoms with Gasteiger partial charge in [0.25, 0.3) is 5.91 Å². The van der Waals surface area contributed by atoms with E-state index >= 15 is 0 Å². The van der Waals surface area contributed by atoms with Gasteiger partial charge in [0.2, 0.25) is 5.91 Å². The van der Waals surface area contributed by atoms with Gasteiger partial charge in [-0.05, 0) is 32.0 Å². The van der Waals surface area contributed by atoms with Crippen LogP contribution in [-0.2, 0) is 4.79 Å². The Kier molecular flexibility index (Phi) is 5.17. The van der Waals surface area contributed by atoms with Crippen LogP contribution in [0.4, 0.5) is 0 Å². The van der Waals surface area contributed by atoms with E-state index in [0.717, 1.165) is 0 Å². The molecule has 1 aromatic carbocycles. The fraction of sp³-hybridized carbons (Fsp3) is 0.385. The minimum absolute atomic E-state index is 0.0335. The van der Waals surface area contributed by atoms with E-state index < -0.39 is 0 Å². The normalized spacial score (nSPS) is 10.0. The van der Waals surface area contributed by atoms with Gasteiger partial charge in [0.05, 0.1) is 13.7 Å². The van der Waals surface area contributed by atoms with Crippen LogP contribution in [0.2, 0.25) is 0 Å². The van der Waals surface area contributed by atoms with Crippen molar-refractivity contribution < 1.29 is 14.3 Å². The van der Waals surface area contributed by atoms with Gasteiger partial charge >= 0.3 is 0 Å². The molecule has 1 rings (SSSR count). The highest BCUT2D eigenvalue weighted by atomic mass is 16.5. The number of ether oxygens (including phenoxy) is 1. The highest BCUT2D eigenvalue weighted by Gasteiger charge is 2.09. The quantitative estimate of drug-likeness (QED) is 0.817. The molecule has 0 atom stereocenters. The fourth-order valence-corrected chi connectivity index (χ4v) is 1.40. The van der Waals surface area contributed by atoms with Crippen LogP contribution >= 0.6 is 0 Å². The highest BCUT2D eigenvalue weighted by molar-refractivity contribution is 5.96. The van der Waals surface area contributed by atoms with Crippen LogP contribution in [0.25, 0.3) is 0 Å². The van der Waals surface area contributed by atoms with Crippen LogP contribution < -0.4 is 15.4 Å². The maximum atomic E-state index is 11.8. The van der Waals surface area contributed by atoms with E-state index in [4.69, 9.17) is 4.74 Å². The molecule has 0 spiro atoms. The minimum Gasteiger partial charge on any atom is -0.497 e. The molecule has 0 fully saturated rings. The number of nitrogens with one attached hydrogen (secondary N) is 2. The lowest BCUT2D eigenvalue weighted by molar-refractivity contribution is -0.120. The van der Waals surface area contributed by atoms with E-state index in [9.17, 15) is 9.59 Å². The first-order chi connectivity index (χ1) is 8.52. The molecular formula is C13H18N2O3. The van der Waals surface area contributed by atoms with Gasteiger partial charge in [0.1, 0.15) is 5.75 Å². The van der Waals surface area contributed by atoms with E-state index in [1.165, 1.54) is 7.11 Å². The van der Waals surface area contributed by atoms with Gasteiger partial charge < -0.3 is 15.4 Å². The molecule has 0 aliphatic heterocycles. The van der Waals surface area contributed by atoms with Crippen molar-refractivity contribution in [3.63, 3.8) is 0 Å². The first-order valence-electron chi connectivity index (χ1n) is 5.74. The summed E-state index contributed by atoms with van der Waals surface area (Å²) in [6.45, 7) is 3.69. The molecule has 5 heteroatoms. The van der Waals surface area contributed by atoms with Gasteiger partial charge in [-0.1, -0.05) is 6.07 Å². The van der Waals surface area contributed by atoms with Crippen LogP contribution in [0.5, 0.6) is 5.75 Å². The molecule has 0 unspecified atom stereocenters. The van der Waals surface area contributed by atoms with Crippen molar-refractivity contribution in [1.82, 2.24) is 10.6 Å². The first kappa shape index (κ1) is 14.0. The molecule has 1 aromatic rings. The summed E-state index contributed by atoms with van der Waals surface area (Å²) in [5.74, 6) is 0.100. The first-order valence-corrected chi connectivity index (χ1v) is 5.74. The second-order valence-corrected chi connectivity index (χ2v) is 4.14. The Balaban J connectivity index is 2.52. The van der Waals surface area contributed by atoms with Gasteiger partial charge in [-0.25, -0.2) is 0 Å². The van der Waals surface area contributed by atoms with Crippen LogP contribution in [0.3, 0.4) is 0 Å². The monoisotopic (exact) mass is 250 g/mol. The number of carbonyl (C=O) groups excluding carboxylic acids is 2. The van der Waals surface area contributed by atoms with Crippen molar-refractivity contribution in [2.45, 2.75) is 19.9 Å². The van der Waals surface area contributed by atoms with Crippen molar-refractivity contribution in [3.05, 3.63) is 29.8 Å². The Morgan fingerprint density at radius 2 is 2.06 bits per heavy atom. The molecule has 18 heavy (non-hydrogen) atoms. The predicted molar refractivity (Wildman–Crippen MR) is 68.6 cm³/mol. The third kappa shape index (κ3) is 4.45. The third-order valence-electron chi connectivity index (χ3n) is 2.19. The third-order valence-corrected chi connectivity index (χ3v) is 2.19. The molecule has 0 saturated carbocycles. The summed E-state index contributed by atoms with van der Waals surface area (Å²) >= 11 is 0. The topological polar surface area (TPSA) is 67.4 Å². The molecule has 98 valence electrons. The zero-order valence-electron chi connectivity index (χ0n) is 10.8. The Hall–Kier alpha value is -2.04. The molecule has 0 bridgehead atoms. The lowest BCUT2D eigenvalue weighted by Gasteiger charge is -2.09. The number of hydrogen-bond acceptors (Lipinski definition) is 3. The summed E-state index contributed by atoms with van der Waals surface area (Å²) in [5.41, 5.74) is 0.465. The van der Waals surface area contributed by atoms with Crippen molar-refractivity contribution >= 4 is 11.8 Å². The van der Waals surface area contributed by atoms with Crippen molar-refractivity contribution in [3.8, 4) is 5.75 Å². The minimum atomic E-state index is -0.298. The second-order valence-electron chi connectivity index (χ2n) is 4.14. The zero-order chi connectivity index (χ0) is 13.5. The molecule has 0 radical (unpaired) electrons. The number of carbonyl (C=O) groups is 2. The highest BCUT2D eigenvalue weighted by Crippen LogP contribution is 2.12. The molecule has 0 saturated heterocycles. The summed E-state index contributed by atoms with van der Waals surface area (Å²) < 4.78 is 5.02. The molecule has 2 N–H and O–H groups in total. The smallest absolute Gasteiger partial charge is 0.251 e. The number of amides is 2. The van der Waals surface area contributed by atoms with E-state index in [1.54, 1.807) is 24.3 Å². The summed E-state index contributed by atoms with van der Waals surface area (Å²) in [5, 5.41) is 5.24. The maximum absolute atomic E-state index is 11.8. The summed E-state index contributed by atoms with van der Waals surface area (Å²) in [6, 6.07) is 6.82. The standard InChI is InChI=1S/C13H18N2O3/c1-9(2)15-12(16)8-14-13(17)10-5-4-6-11(7-10)18-3/h4-7,9H,8H2,1-3H3,(H,14,17)(H,15,16). The fourth-order valence-electron chi connectivity index (χ4n) is 1.40. The van der Waals surface area contributed by atoms with Gasteiger partial charge in [0, 0.05) is 11.6 Å². The molecule has 5 nitrogen and oxygen atoms in total. The van der Waals surface area contributed by atoms with E-state index in [2.05, 4.69) is 10.6 Å². The van der Waals surface area contributed by atoms with Gasteiger partial charge in [0.15, 0.2) is 0 Å². The number of hydrogen-bond donors (Lipinski definition) is 2. The van der Waals surface area contributed by atoms with Crippen molar-refractivity contribution in [2.24, 2.45) is 0 Å². The summed E-state index contributed by atoms with van der Waals surface area (Å²) in [7, 11) is 1.53. The molecule has 0 aliphatic carbocycles. The number of rotatable bonds is 5. The van der Waals surface area contributed by atoms with Gasteiger partial charge in [-0.15, -0.1) is 0 Å². The number of benzene rings is 1. The molecule has 2 amide bonds. The Bertz CT molecular complexity index is 430. The van der Waals surface area contributed by atoms with Gasteiger partial charge in [-0.3, -0.25) is 9.59 Å². The molecular weight excluding hydrogens is 232 g/mol. The van der Waals surface area contributed by atoms with Crippen molar-refractivity contribution in [2.75, 3.05) is 13.7 Å². The van der Waals surface area contributed by atoms with Crippen LogP contribution in [0, 0.1) is 0 Å². The van der Waals surface area contributed by atoms with Crippen LogP contribution in [0.1, 0.15) is 24.2 Å². The average molecular weight is 250 g/mol. The summed E-state index contributed by atoms with van der Waals surface area (Å²) in [6.07, 6.45) is 0. The Morgan fingerprint density at radius 1 is 1.33 bits per heavy atom. The predicted octanol–water partition coefficient (Wildman–Crippen LogP) is 0.950. The van der Waals surface area contributed by atoms with E-state index in [0.29, 0.717) is 11.3 Å². The van der Waals surface area contributed by atoms with Crippen LogP contribution in [0.15, 0.2) is 24.3 Å². The molecule has 0 aromatic heterocycles. The van der Waals surface area contributed by atoms with Crippen molar-refractivity contribution in [1.29, 1.82) is 0 Å². The average Bonchev–Trinajstić information content (AvgIpc) is 2.35. The largest absolute Gasteiger partial charge is 0.497 e. The molecule has 0 aliphatic rings. The SMILES string of the molecule is COc1cccc(C(=O)NCC(=O)NC(C)C)c1. The zero-order valence-corrected chi connectivity index (χ0v) is 10.8.